The van der Waals surface area contributed by atoms with E-state index >= 15 is 0 Å². The maximum atomic E-state index is 9.92. The first kappa shape index (κ1) is 20.7. The summed E-state index contributed by atoms with van der Waals surface area (Å²) in [6.45, 7) is 1.36. The summed E-state index contributed by atoms with van der Waals surface area (Å²) < 4.78 is 31.6. The monoisotopic (exact) mass is 259 g/mol. The first-order chi connectivity index (χ1) is 7.12. The summed E-state index contributed by atoms with van der Waals surface area (Å²) in [5.41, 5.74) is 0. The van der Waals surface area contributed by atoms with Gasteiger partial charge in [-0.2, -0.15) is 8.42 Å². The number of hydrogen-bond acceptors (Lipinski definition) is 7. The molecule has 7 nitrogen and oxygen atoms in total. The van der Waals surface area contributed by atoms with Gasteiger partial charge in [0.1, 0.15) is 0 Å². The number of methoxy groups -OCH3 is 1. The lowest BCUT2D eigenvalue weighted by Gasteiger charge is -1.91. The lowest BCUT2D eigenvalue weighted by Crippen LogP contribution is -2.02. The summed E-state index contributed by atoms with van der Waals surface area (Å²) in [4.78, 5) is 11.6. The van der Waals surface area contributed by atoms with E-state index in [0.29, 0.717) is 0 Å². The SMILES string of the molecule is CN(C)C.COC(C)=O.COS(=O)(=O)OC. The van der Waals surface area contributed by atoms with Crippen molar-refractivity contribution in [1.29, 1.82) is 0 Å². The Morgan fingerprint density at radius 2 is 1.19 bits per heavy atom. The van der Waals surface area contributed by atoms with Crippen molar-refractivity contribution >= 4 is 16.4 Å². The Morgan fingerprint density at radius 1 is 1.00 bits per heavy atom. The van der Waals surface area contributed by atoms with Gasteiger partial charge in [0.25, 0.3) is 0 Å². The minimum atomic E-state index is -3.66. The molecule has 0 aliphatic carbocycles. The third-order valence-corrected chi connectivity index (χ3v) is 1.51. The van der Waals surface area contributed by atoms with E-state index in [1.165, 1.54) is 14.0 Å². The molecular weight excluding hydrogens is 238 g/mol. The van der Waals surface area contributed by atoms with E-state index in [-0.39, 0.29) is 5.97 Å². The molecule has 0 fully saturated rings. The Bertz CT molecular complexity index is 236. The van der Waals surface area contributed by atoms with Crippen molar-refractivity contribution in [3.05, 3.63) is 0 Å². The summed E-state index contributed by atoms with van der Waals surface area (Å²) in [5.74, 6) is -0.245. The zero-order chi connectivity index (χ0) is 13.8. The van der Waals surface area contributed by atoms with Gasteiger partial charge < -0.3 is 9.64 Å². The van der Waals surface area contributed by atoms with Gasteiger partial charge in [-0.1, -0.05) is 0 Å². The molecule has 0 aromatic rings. The van der Waals surface area contributed by atoms with Crippen molar-refractivity contribution in [1.82, 2.24) is 4.90 Å². The normalized spacial score (nSPS) is 9.50. The predicted octanol–water partition coefficient (Wildman–Crippen LogP) is -0.119. The van der Waals surface area contributed by atoms with Crippen LogP contribution in [0.3, 0.4) is 0 Å². The molecule has 0 atom stereocenters. The highest BCUT2D eigenvalue weighted by atomic mass is 32.3. The Labute approximate surface area is 97.6 Å². The molecule has 0 aromatic carbocycles. The second-order valence-electron chi connectivity index (χ2n) is 2.78. The molecule has 0 saturated carbocycles. The number of rotatable bonds is 2. The second kappa shape index (κ2) is 12.4. The predicted molar refractivity (Wildman–Crippen MR) is 60.2 cm³/mol. The van der Waals surface area contributed by atoms with Crippen LogP contribution in [0.15, 0.2) is 0 Å². The molecule has 0 bridgehead atoms. The molecule has 0 aliphatic heterocycles. The topological polar surface area (TPSA) is 82.1 Å². The van der Waals surface area contributed by atoms with Crippen LogP contribution >= 0.6 is 0 Å². The largest absolute Gasteiger partial charge is 0.469 e. The van der Waals surface area contributed by atoms with Gasteiger partial charge in [0.15, 0.2) is 0 Å². The smallest absolute Gasteiger partial charge is 0.399 e. The van der Waals surface area contributed by atoms with E-state index in [0.717, 1.165) is 14.2 Å². The van der Waals surface area contributed by atoms with Crippen LogP contribution in [-0.2, 0) is 28.3 Å². The molecule has 0 aromatic heterocycles. The summed E-state index contributed by atoms with van der Waals surface area (Å²) in [5, 5.41) is 0. The molecule has 16 heavy (non-hydrogen) atoms. The van der Waals surface area contributed by atoms with Gasteiger partial charge in [-0.15, -0.1) is 0 Å². The van der Waals surface area contributed by atoms with Crippen LogP contribution in [-0.4, -0.2) is 61.8 Å². The molecule has 0 amide bonds. The lowest BCUT2D eigenvalue weighted by atomic mass is 10.8. The maximum absolute atomic E-state index is 9.92. The Balaban J connectivity index is -0.000000166. The molecule has 0 unspecified atom stereocenters. The van der Waals surface area contributed by atoms with E-state index in [1.807, 2.05) is 26.0 Å². The highest BCUT2D eigenvalue weighted by molar-refractivity contribution is 7.81. The van der Waals surface area contributed by atoms with E-state index in [9.17, 15) is 13.2 Å². The number of nitrogens with zero attached hydrogens (tertiary/aromatic N) is 1. The molecule has 0 spiro atoms. The van der Waals surface area contributed by atoms with Crippen LogP contribution in [0.4, 0.5) is 0 Å². The minimum Gasteiger partial charge on any atom is -0.469 e. The zero-order valence-electron chi connectivity index (χ0n) is 10.8. The Morgan fingerprint density at radius 3 is 1.19 bits per heavy atom. The van der Waals surface area contributed by atoms with Gasteiger partial charge in [-0.25, -0.2) is 0 Å². The van der Waals surface area contributed by atoms with E-state index < -0.39 is 10.4 Å². The van der Waals surface area contributed by atoms with Crippen LogP contribution in [0.1, 0.15) is 6.92 Å². The molecule has 100 valence electrons. The summed E-state index contributed by atoms with van der Waals surface area (Å²) in [6.07, 6.45) is 0. The van der Waals surface area contributed by atoms with Crippen LogP contribution in [0.25, 0.3) is 0 Å². The van der Waals surface area contributed by atoms with Gasteiger partial charge in [0.05, 0.1) is 21.3 Å². The first-order valence-electron chi connectivity index (χ1n) is 4.14. The number of carbonyl (C=O) groups is 1. The van der Waals surface area contributed by atoms with Crippen molar-refractivity contribution in [2.75, 3.05) is 42.5 Å². The average Bonchev–Trinajstić information content (AvgIpc) is 2.18. The molecule has 0 radical (unpaired) electrons. The van der Waals surface area contributed by atoms with Crippen LogP contribution in [0.5, 0.6) is 0 Å². The van der Waals surface area contributed by atoms with Crippen molar-refractivity contribution in [3.8, 4) is 0 Å². The molecular formula is C8H21NO6S. The molecule has 0 saturated heterocycles. The standard InChI is InChI=1S/C3H9N.C3H6O2.C2H6O4S/c1-4(2)3;1-3(4)5-2;1-5-7(3,4)6-2/h1-3H3;1-2H3;1-2H3. The number of hydrogen-bond donors (Lipinski definition) is 0. The maximum Gasteiger partial charge on any atom is 0.399 e. The van der Waals surface area contributed by atoms with E-state index in [4.69, 9.17) is 0 Å². The fraction of sp³-hybridized carbons (Fsp3) is 0.875. The van der Waals surface area contributed by atoms with Gasteiger partial charge in [0, 0.05) is 6.92 Å². The van der Waals surface area contributed by atoms with Crippen LogP contribution in [0.2, 0.25) is 0 Å². The quantitative estimate of drug-likeness (QED) is 0.639. The third-order valence-electron chi connectivity index (χ3n) is 0.696. The highest BCUT2D eigenvalue weighted by Gasteiger charge is 2.01. The Hall–Kier alpha value is -0.700. The zero-order valence-corrected chi connectivity index (χ0v) is 11.6. The van der Waals surface area contributed by atoms with Gasteiger partial charge in [-0.05, 0) is 21.1 Å². The Kier molecular flexibility index (Phi) is 16.0. The van der Waals surface area contributed by atoms with Gasteiger partial charge >= 0.3 is 16.4 Å². The highest BCUT2D eigenvalue weighted by Crippen LogP contribution is 1.85. The number of esters is 1. The summed E-state index contributed by atoms with van der Waals surface area (Å²) in [7, 11) is 5.75. The number of carbonyl (C=O) groups excluding carboxylic acids is 1. The van der Waals surface area contributed by atoms with Crippen molar-refractivity contribution in [3.63, 3.8) is 0 Å². The van der Waals surface area contributed by atoms with E-state index in [1.54, 1.807) is 0 Å². The van der Waals surface area contributed by atoms with Crippen LogP contribution in [0, 0.1) is 0 Å². The fourth-order valence-electron chi connectivity index (χ4n) is 0.0680. The molecule has 0 N–H and O–H groups in total. The first-order valence-corrected chi connectivity index (χ1v) is 5.47. The van der Waals surface area contributed by atoms with Gasteiger partial charge in [-0.3, -0.25) is 13.2 Å². The third kappa shape index (κ3) is 37.8. The van der Waals surface area contributed by atoms with Crippen molar-refractivity contribution < 1.29 is 26.3 Å². The summed E-state index contributed by atoms with van der Waals surface area (Å²) >= 11 is 0. The van der Waals surface area contributed by atoms with E-state index in [2.05, 4.69) is 13.1 Å². The average molecular weight is 259 g/mol. The van der Waals surface area contributed by atoms with Gasteiger partial charge in [0.2, 0.25) is 0 Å². The second-order valence-corrected chi connectivity index (χ2v) is 4.26. The minimum absolute atomic E-state index is 0.245. The van der Waals surface area contributed by atoms with Crippen molar-refractivity contribution in [2.24, 2.45) is 0 Å². The van der Waals surface area contributed by atoms with Crippen molar-refractivity contribution in [2.45, 2.75) is 6.92 Å². The summed E-state index contributed by atoms with van der Waals surface area (Å²) in [6, 6.07) is 0. The molecule has 0 heterocycles. The molecule has 0 aliphatic rings. The fourth-order valence-corrected chi connectivity index (χ4v) is 0.204. The molecule has 0 rings (SSSR count). The number of ether oxygens (including phenoxy) is 1. The molecule has 8 heteroatoms. The lowest BCUT2D eigenvalue weighted by molar-refractivity contribution is -0.137. The van der Waals surface area contributed by atoms with Crippen LogP contribution < -0.4 is 0 Å².